The van der Waals surface area contributed by atoms with Gasteiger partial charge < -0.3 is 14.5 Å². The minimum absolute atomic E-state index is 0.361. The quantitative estimate of drug-likeness (QED) is 0.376. The Morgan fingerprint density at radius 3 is 2.83 bits per heavy atom. The Kier molecular flexibility index (Phi) is 6.08. The molecule has 0 saturated heterocycles. The van der Waals surface area contributed by atoms with Crippen LogP contribution in [-0.2, 0) is 4.74 Å². The summed E-state index contributed by atoms with van der Waals surface area (Å²) >= 11 is 5.01. The summed E-state index contributed by atoms with van der Waals surface area (Å²) in [5, 5.41) is 7.39. The number of carbonyl (C=O) groups excluding carboxylic acids is 1. The first-order valence-electron chi connectivity index (χ1n) is 7.41. The van der Waals surface area contributed by atoms with Crippen LogP contribution in [0.15, 0.2) is 39.9 Å². The van der Waals surface area contributed by atoms with Crippen LogP contribution in [0.4, 0.5) is 0 Å². The fraction of sp³-hybridized carbons (Fsp3) is 0.235. The van der Waals surface area contributed by atoms with Gasteiger partial charge >= 0.3 is 5.97 Å². The molecular weight excluding hydrogens is 326 g/mol. The molecule has 0 spiro atoms. The molecule has 7 heteroatoms. The van der Waals surface area contributed by atoms with Crippen LogP contribution >= 0.6 is 12.2 Å². The van der Waals surface area contributed by atoms with Gasteiger partial charge in [-0.3, -0.25) is 5.43 Å². The summed E-state index contributed by atoms with van der Waals surface area (Å²) in [6.45, 7) is 4.59. The van der Waals surface area contributed by atoms with Crippen molar-refractivity contribution >= 4 is 29.5 Å². The van der Waals surface area contributed by atoms with Gasteiger partial charge in [0.1, 0.15) is 11.5 Å². The van der Waals surface area contributed by atoms with Crippen molar-refractivity contribution in [1.82, 2.24) is 10.7 Å². The third-order valence-electron chi connectivity index (χ3n) is 3.23. The third-order valence-corrected chi connectivity index (χ3v) is 3.47. The number of nitrogens with one attached hydrogen (secondary N) is 2. The number of benzene rings is 1. The van der Waals surface area contributed by atoms with Crippen LogP contribution < -0.4 is 10.7 Å². The molecule has 0 aliphatic carbocycles. The molecule has 0 unspecified atom stereocenters. The van der Waals surface area contributed by atoms with E-state index in [2.05, 4.69) is 15.8 Å². The molecule has 0 fully saturated rings. The van der Waals surface area contributed by atoms with E-state index in [4.69, 9.17) is 21.4 Å². The first-order valence-corrected chi connectivity index (χ1v) is 7.82. The molecule has 0 atom stereocenters. The Hall–Kier alpha value is -2.67. The van der Waals surface area contributed by atoms with Gasteiger partial charge in [-0.15, -0.1) is 0 Å². The van der Waals surface area contributed by atoms with Crippen LogP contribution in [0.5, 0.6) is 0 Å². The van der Waals surface area contributed by atoms with E-state index in [1.807, 2.05) is 32.0 Å². The van der Waals surface area contributed by atoms with Gasteiger partial charge in [0.15, 0.2) is 5.11 Å². The standard InChI is InChI=1S/C17H19N3O3S/c1-4-18-17(24)20-19-10-13-6-8-15(23-13)14-7-5-12(9-11(14)2)16(21)22-3/h5-10H,4H2,1-3H3,(H2,18,20,24)/b19-10-. The summed E-state index contributed by atoms with van der Waals surface area (Å²) in [7, 11) is 1.36. The van der Waals surface area contributed by atoms with E-state index in [0.29, 0.717) is 22.2 Å². The number of rotatable bonds is 5. The van der Waals surface area contributed by atoms with Crippen molar-refractivity contribution in [3.8, 4) is 11.3 Å². The van der Waals surface area contributed by atoms with E-state index in [0.717, 1.165) is 17.7 Å². The van der Waals surface area contributed by atoms with Gasteiger partial charge in [0.25, 0.3) is 0 Å². The van der Waals surface area contributed by atoms with Crippen LogP contribution in [0.25, 0.3) is 11.3 Å². The number of aryl methyl sites for hydroxylation is 1. The molecule has 1 aromatic carbocycles. The molecule has 2 aromatic rings. The van der Waals surface area contributed by atoms with Crippen LogP contribution in [0.3, 0.4) is 0 Å². The van der Waals surface area contributed by atoms with Crippen molar-refractivity contribution < 1.29 is 13.9 Å². The van der Waals surface area contributed by atoms with Crippen molar-refractivity contribution in [3.63, 3.8) is 0 Å². The molecule has 2 N–H and O–H groups in total. The number of hydrogen-bond donors (Lipinski definition) is 2. The fourth-order valence-electron chi connectivity index (χ4n) is 2.11. The summed E-state index contributed by atoms with van der Waals surface area (Å²) in [6, 6.07) is 8.98. The zero-order valence-electron chi connectivity index (χ0n) is 13.8. The number of carbonyl (C=O) groups is 1. The Bertz CT molecular complexity index is 768. The number of ether oxygens (including phenoxy) is 1. The summed E-state index contributed by atoms with van der Waals surface area (Å²) < 4.78 is 10.5. The Morgan fingerprint density at radius 1 is 1.38 bits per heavy atom. The topological polar surface area (TPSA) is 75.9 Å². The molecule has 24 heavy (non-hydrogen) atoms. The van der Waals surface area contributed by atoms with E-state index in [9.17, 15) is 4.79 Å². The Morgan fingerprint density at radius 2 is 2.17 bits per heavy atom. The number of furan rings is 1. The van der Waals surface area contributed by atoms with Gasteiger partial charge in [-0.2, -0.15) is 5.10 Å². The molecule has 2 rings (SSSR count). The highest BCUT2D eigenvalue weighted by atomic mass is 32.1. The van der Waals surface area contributed by atoms with Crippen LogP contribution in [0.2, 0.25) is 0 Å². The molecule has 6 nitrogen and oxygen atoms in total. The van der Waals surface area contributed by atoms with Crippen molar-refractivity contribution in [2.75, 3.05) is 13.7 Å². The average Bonchev–Trinajstić information content (AvgIpc) is 3.02. The van der Waals surface area contributed by atoms with Crippen molar-refractivity contribution in [2.24, 2.45) is 5.10 Å². The number of hydrazone groups is 1. The first kappa shape index (κ1) is 17.7. The van der Waals surface area contributed by atoms with Gasteiger partial charge in [-0.25, -0.2) is 4.79 Å². The maximum Gasteiger partial charge on any atom is 0.337 e. The van der Waals surface area contributed by atoms with E-state index in [1.165, 1.54) is 7.11 Å². The number of thiocarbonyl (C=S) groups is 1. The maximum atomic E-state index is 11.6. The number of esters is 1. The number of hydrogen-bond acceptors (Lipinski definition) is 5. The molecule has 0 aliphatic rings. The molecule has 0 radical (unpaired) electrons. The van der Waals surface area contributed by atoms with E-state index in [-0.39, 0.29) is 5.97 Å². The smallest absolute Gasteiger partial charge is 0.337 e. The molecule has 0 bridgehead atoms. The van der Waals surface area contributed by atoms with Crippen LogP contribution in [0.1, 0.15) is 28.6 Å². The van der Waals surface area contributed by atoms with Gasteiger partial charge in [-0.1, -0.05) is 6.07 Å². The lowest BCUT2D eigenvalue weighted by Crippen LogP contribution is -2.31. The molecule has 0 aliphatic heterocycles. The van der Waals surface area contributed by atoms with Gasteiger partial charge in [0, 0.05) is 12.1 Å². The zero-order valence-corrected chi connectivity index (χ0v) is 14.6. The lowest BCUT2D eigenvalue weighted by Gasteiger charge is -2.05. The summed E-state index contributed by atoms with van der Waals surface area (Å²) in [6.07, 6.45) is 1.55. The summed E-state index contributed by atoms with van der Waals surface area (Å²) in [5.74, 6) is 0.924. The number of nitrogens with zero attached hydrogens (tertiary/aromatic N) is 1. The lowest BCUT2D eigenvalue weighted by atomic mass is 10.0. The predicted octanol–water partition coefficient (Wildman–Crippen LogP) is 2.86. The normalized spacial score (nSPS) is 10.6. The lowest BCUT2D eigenvalue weighted by molar-refractivity contribution is 0.0600. The highest BCUT2D eigenvalue weighted by molar-refractivity contribution is 7.80. The van der Waals surface area contributed by atoms with Gasteiger partial charge in [0.2, 0.25) is 0 Å². The second-order valence-corrected chi connectivity index (χ2v) is 5.36. The highest BCUT2D eigenvalue weighted by Gasteiger charge is 2.11. The largest absolute Gasteiger partial charge is 0.465 e. The summed E-state index contributed by atoms with van der Waals surface area (Å²) in [5.41, 5.74) is 5.02. The fourth-order valence-corrected chi connectivity index (χ4v) is 2.30. The minimum Gasteiger partial charge on any atom is -0.465 e. The molecular formula is C17H19N3O3S. The molecule has 1 aromatic heterocycles. The Labute approximate surface area is 145 Å². The highest BCUT2D eigenvalue weighted by Crippen LogP contribution is 2.26. The third kappa shape index (κ3) is 4.42. The van der Waals surface area contributed by atoms with Crippen molar-refractivity contribution in [3.05, 3.63) is 47.2 Å². The minimum atomic E-state index is -0.361. The molecule has 126 valence electrons. The zero-order chi connectivity index (χ0) is 17.5. The number of methoxy groups -OCH3 is 1. The van der Waals surface area contributed by atoms with Crippen molar-refractivity contribution in [1.29, 1.82) is 0 Å². The second-order valence-electron chi connectivity index (χ2n) is 4.95. The van der Waals surface area contributed by atoms with E-state index < -0.39 is 0 Å². The van der Waals surface area contributed by atoms with Crippen LogP contribution in [0, 0.1) is 6.92 Å². The first-order chi connectivity index (χ1) is 11.5. The van der Waals surface area contributed by atoms with Gasteiger partial charge in [-0.05, 0) is 55.9 Å². The summed E-state index contributed by atoms with van der Waals surface area (Å²) in [4.78, 5) is 11.6. The molecule has 1 heterocycles. The molecule has 0 saturated carbocycles. The predicted molar refractivity (Wildman–Crippen MR) is 97.2 cm³/mol. The van der Waals surface area contributed by atoms with Gasteiger partial charge in [0.05, 0.1) is 18.9 Å². The van der Waals surface area contributed by atoms with Crippen LogP contribution in [-0.4, -0.2) is 31.0 Å². The molecule has 0 amide bonds. The maximum absolute atomic E-state index is 11.6. The second kappa shape index (κ2) is 8.26. The Balaban J connectivity index is 2.11. The van der Waals surface area contributed by atoms with E-state index >= 15 is 0 Å². The van der Waals surface area contributed by atoms with Crippen molar-refractivity contribution in [2.45, 2.75) is 13.8 Å². The van der Waals surface area contributed by atoms with E-state index in [1.54, 1.807) is 18.3 Å². The average molecular weight is 345 g/mol. The SMILES string of the molecule is CCNC(=S)N/N=C\c1ccc(-c2ccc(C(=O)OC)cc2C)o1. The monoisotopic (exact) mass is 345 g/mol.